The smallest absolute Gasteiger partial charge is 0.237 e. The van der Waals surface area contributed by atoms with Crippen molar-refractivity contribution in [2.75, 3.05) is 13.2 Å². The summed E-state index contributed by atoms with van der Waals surface area (Å²) >= 11 is 0. The van der Waals surface area contributed by atoms with Crippen molar-refractivity contribution in [2.24, 2.45) is 5.73 Å². The van der Waals surface area contributed by atoms with Gasteiger partial charge < -0.3 is 20.9 Å². The molecule has 0 aliphatic heterocycles. The maximum absolute atomic E-state index is 11.8. The Hall–Kier alpha value is -1.59. The number of benzene rings is 1. The van der Waals surface area contributed by atoms with Gasteiger partial charge in [0.1, 0.15) is 5.75 Å². The first kappa shape index (κ1) is 17.5. The van der Waals surface area contributed by atoms with E-state index in [4.69, 9.17) is 10.5 Å². The molecular weight excluding hydrogens is 268 g/mol. The van der Waals surface area contributed by atoms with Crippen LogP contribution in [0, 0.1) is 0 Å². The number of unbranched alkanes of at least 4 members (excludes halogenated alkanes) is 1. The van der Waals surface area contributed by atoms with E-state index < -0.39 is 6.04 Å². The number of carbonyl (C=O) groups is 1. The van der Waals surface area contributed by atoms with Crippen LogP contribution in [-0.2, 0) is 16.0 Å². The Morgan fingerprint density at radius 1 is 1.29 bits per heavy atom. The highest BCUT2D eigenvalue weighted by atomic mass is 16.5. The zero-order valence-corrected chi connectivity index (χ0v) is 12.8. The fourth-order valence-electron chi connectivity index (χ4n) is 1.87. The minimum Gasteiger partial charge on any atom is -0.508 e. The van der Waals surface area contributed by atoms with Crippen LogP contribution in [0.2, 0.25) is 0 Å². The monoisotopic (exact) mass is 294 g/mol. The number of hydrogen-bond donors (Lipinski definition) is 3. The van der Waals surface area contributed by atoms with Crippen molar-refractivity contribution in [3.63, 3.8) is 0 Å². The number of nitrogens with one attached hydrogen (secondary N) is 1. The number of aromatic hydroxyl groups is 1. The Kier molecular flexibility index (Phi) is 7.79. The van der Waals surface area contributed by atoms with Gasteiger partial charge in [0.15, 0.2) is 0 Å². The van der Waals surface area contributed by atoms with Gasteiger partial charge in [-0.2, -0.15) is 0 Å². The standard InChI is InChI=1S/C16H26N2O3/c1-12(2)21-10-4-3-9-18-16(20)15(17)11-13-5-7-14(19)8-6-13/h5-8,12,15,19H,3-4,9-11,17H2,1-2H3,(H,18,20)/t15-/m0/s1. The molecule has 1 atom stereocenters. The lowest BCUT2D eigenvalue weighted by molar-refractivity contribution is -0.122. The minimum absolute atomic E-state index is 0.146. The summed E-state index contributed by atoms with van der Waals surface area (Å²) in [6.45, 7) is 5.34. The van der Waals surface area contributed by atoms with Crippen LogP contribution >= 0.6 is 0 Å². The molecule has 0 unspecified atom stereocenters. The van der Waals surface area contributed by atoms with Crippen molar-refractivity contribution in [1.82, 2.24) is 5.32 Å². The zero-order chi connectivity index (χ0) is 15.7. The number of rotatable bonds is 9. The molecule has 118 valence electrons. The topological polar surface area (TPSA) is 84.6 Å². The number of ether oxygens (including phenoxy) is 1. The van der Waals surface area contributed by atoms with Crippen molar-refractivity contribution < 1.29 is 14.6 Å². The van der Waals surface area contributed by atoms with Crippen molar-refractivity contribution in [3.8, 4) is 5.75 Å². The van der Waals surface area contributed by atoms with E-state index in [0.717, 1.165) is 18.4 Å². The van der Waals surface area contributed by atoms with Gasteiger partial charge in [0, 0.05) is 13.2 Å². The molecule has 0 aliphatic rings. The molecule has 4 N–H and O–H groups in total. The van der Waals surface area contributed by atoms with Gasteiger partial charge in [0.05, 0.1) is 12.1 Å². The van der Waals surface area contributed by atoms with Crippen molar-refractivity contribution in [3.05, 3.63) is 29.8 Å². The highest BCUT2D eigenvalue weighted by molar-refractivity contribution is 5.81. The van der Waals surface area contributed by atoms with Crippen LogP contribution in [0.25, 0.3) is 0 Å². The second-order valence-corrected chi connectivity index (χ2v) is 5.39. The molecule has 1 aromatic rings. The van der Waals surface area contributed by atoms with Gasteiger partial charge in [0.25, 0.3) is 0 Å². The van der Waals surface area contributed by atoms with Crippen LogP contribution in [0.3, 0.4) is 0 Å². The molecular formula is C16H26N2O3. The molecule has 0 saturated heterocycles. The summed E-state index contributed by atoms with van der Waals surface area (Å²) < 4.78 is 5.43. The number of amides is 1. The molecule has 1 amide bonds. The van der Waals surface area contributed by atoms with E-state index in [2.05, 4.69) is 5.32 Å². The van der Waals surface area contributed by atoms with Gasteiger partial charge in [0.2, 0.25) is 5.91 Å². The summed E-state index contributed by atoms with van der Waals surface area (Å²) in [6.07, 6.45) is 2.51. The third-order valence-electron chi connectivity index (χ3n) is 3.05. The molecule has 0 saturated carbocycles. The summed E-state index contributed by atoms with van der Waals surface area (Å²) in [5.41, 5.74) is 6.80. The number of phenolic OH excluding ortho intramolecular Hbond substituents is 1. The lowest BCUT2D eigenvalue weighted by atomic mass is 10.1. The molecule has 1 aromatic carbocycles. The van der Waals surface area contributed by atoms with Gasteiger partial charge in [-0.15, -0.1) is 0 Å². The van der Waals surface area contributed by atoms with Crippen molar-refractivity contribution in [1.29, 1.82) is 0 Å². The summed E-state index contributed by atoms with van der Waals surface area (Å²) in [5.74, 6) is 0.0632. The van der Waals surface area contributed by atoms with E-state index >= 15 is 0 Å². The Balaban J connectivity index is 2.18. The highest BCUT2D eigenvalue weighted by Crippen LogP contribution is 2.10. The maximum Gasteiger partial charge on any atom is 0.237 e. The van der Waals surface area contributed by atoms with Crippen molar-refractivity contribution in [2.45, 2.75) is 45.3 Å². The predicted octanol–water partition coefficient (Wildman–Crippen LogP) is 1.58. The second kappa shape index (κ2) is 9.37. The number of carbonyl (C=O) groups excluding carboxylic acids is 1. The average Bonchev–Trinajstić information content (AvgIpc) is 2.44. The molecule has 5 heteroatoms. The molecule has 0 fully saturated rings. The minimum atomic E-state index is -0.568. The Morgan fingerprint density at radius 3 is 2.57 bits per heavy atom. The Morgan fingerprint density at radius 2 is 1.95 bits per heavy atom. The van der Waals surface area contributed by atoms with Gasteiger partial charge >= 0.3 is 0 Å². The normalized spacial score (nSPS) is 12.4. The molecule has 0 aliphatic carbocycles. The zero-order valence-electron chi connectivity index (χ0n) is 12.8. The van der Waals surface area contributed by atoms with Crippen molar-refractivity contribution >= 4 is 5.91 Å². The van der Waals surface area contributed by atoms with E-state index in [-0.39, 0.29) is 17.8 Å². The van der Waals surface area contributed by atoms with E-state index in [1.807, 2.05) is 13.8 Å². The quantitative estimate of drug-likeness (QED) is 0.604. The Bertz CT molecular complexity index is 418. The maximum atomic E-state index is 11.8. The first-order valence-electron chi connectivity index (χ1n) is 7.42. The van der Waals surface area contributed by atoms with Gasteiger partial charge in [-0.25, -0.2) is 0 Å². The van der Waals surface area contributed by atoms with E-state index in [1.165, 1.54) is 0 Å². The molecule has 0 heterocycles. The van der Waals surface area contributed by atoms with Gasteiger partial charge in [-0.1, -0.05) is 12.1 Å². The summed E-state index contributed by atoms with van der Waals surface area (Å²) in [4.78, 5) is 11.8. The van der Waals surface area contributed by atoms with Gasteiger partial charge in [-0.3, -0.25) is 4.79 Å². The first-order chi connectivity index (χ1) is 9.99. The van der Waals surface area contributed by atoms with Crippen LogP contribution in [0.4, 0.5) is 0 Å². The lowest BCUT2D eigenvalue weighted by Crippen LogP contribution is -2.42. The van der Waals surface area contributed by atoms with E-state index in [9.17, 15) is 9.90 Å². The van der Waals surface area contributed by atoms with E-state index in [1.54, 1.807) is 24.3 Å². The van der Waals surface area contributed by atoms with Crippen LogP contribution < -0.4 is 11.1 Å². The molecule has 0 spiro atoms. The first-order valence-corrected chi connectivity index (χ1v) is 7.42. The predicted molar refractivity (Wildman–Crippen MR) is 83.1 cm³/mol. The molecule has 21 heavy (non-hydrogen) atoms. The molecule has 0 aromatic heterocycles. The van der Waals surface area contributed by atoms with Gasteiger partial charge in [-0.05, 0) is 50.8 Å². The third-order valence-corrected chi connectivity index (χ3v) is 3.05. The summed E-state index contributed by atoms with van der Waals surface area (Å²) in [5, 5.41) is 12.0. The fraction of sp³-hybridized carbons (Fsp3) is 0.562. The molecule has 0 bridgehead atoms. The third kappa shape index (κ3) is 7.68. The van der Waals surface area contributed by atoms with E-state index in [0.29, 0.717) is 19.6 Å². The largest absolute Gasteiger partial charge is 0.508 e. The second-order valence-electron chi connectivity index (χ2n) is 5.39. The van der Waals surface area contributed by atoms with Crippen LogP contribution in [0.5, 0.6) is 5.75 Å². The molecule has 0 radical (unpaired) electrons. The summed E-state index contributed by atoms with van der Waals surface area (Å²) in [6, 6.07) is 6.15. The average molecular weight is 294 g/mol. The highest BCUT2D eigenvalue weighted by Gasteiger charge is 2.13. The summed E-state index contributed by atoms with van der Waals surface area (Å²) in [7, 11) is 0. The Labute approximate surface area is 126 Å². The van der Waals surface area contributed by atoms with Crippen LogP contribution in [-0.4, -0.2) is 36.3 Å². The van der Waals surface area contributed by atoms with Crippen LogP contribution in [0.1, 0.15) is 32.3 Å². The number of nitrogens with two attached hydrogens (primary N) is 1. The SMILES string of the molecule is CC(C)OCCCCNC(=O)[C@@H](N)Cc1ccc(O)cc1. The lowest BCUT2D eigenvalue weighted by Gasteiger charge is -2.12. The van der Waals surface area contributed by atoms with Crippen LogP contribution in [0.15, 0.2) is 24.3 Å². The molecule has 1 rings (SSSR count). The number of phenols is 1. The number of hydrogen-bond acceptors (Lipinski definition) is 4. The molecule has 5 nitrogen and oxygen atoms in total. The fourth-order valence-corrected chi connectivity index (χ4v) is 1.87.